The summed E-state index contributed by atoms with van der Waals surface area (Å²) in [4.78, 5) is 22.4. The summed E-state index contributed by atoms with van der Waals surface area (Å²) in [6, 6.07) is 0. The average Bonchev–Trinajstić information content (AvgIpc) is 2.76. The molecule has 0 fully saturated rings. The van der Waals surface area contributed by atoms with Crippen molar-refractivity contribution in [2.24, 2.45) is 0 Å². The van der Waals surface area contributed by atoms with E-state index < -0.39 is 5.97 Å². The largest absolute Gasteiger partial charge is 0.468 e. The van der Waals surface area contributed by atoms with Gasteiger partial charge in [-0.15, -0.1) is 0 Å². The molecule has 0 aliphatic carbocycles. The van der Waals surface area contributed by atoms with Gasteiger partial charge in [-0.25, -0.2) is 0 Å². The van der Waals surface area contributed by atoms with Crippen molar-refractivity contribution < 1.29 is 14.3 Å². The fourth-order valence-corrected chi connectivity index (χ4v) is 1.15. The summed E-state index contributed by atoms with van der Waals surface area (Å²) in [5, 5.41) is 6.53. The maximum atomic E-state index is 11.4. The first-order chi connectivity index (χ1) is 8.65. The van der Waals surface area contributed by atoms with E-state index in [-0.39, 0.29) is 12.5 Å². The highest BCUT2D eigenvalue weighted by atomic mass is 16.5. The number of nitrogens with one attached hydrogen (secondary N) is 1. The summed E-state index contributed by atoms with van der Waals surface area (Å²) in [5.74, 6) is -0.658. The van der Waals surface area contributed by atoms with Crippen LogP contribution in [0.15, 0.2) is 36.7 Å². The maximum absolute atomic E-state index is 11.4. The van der Waals surface area contributed by atoms with E-state index in [9.17, 15) is 9.59 Å². The predicted molar refractivity (Wildman–Crippen MR) is 66.8 cm³/mol. The second kappa shape index (κ2) is 7.05. The molecule has 96 valence electrons. The number of methoxy groups -OCH3 is 1. The standard InChI is InChI=1S/C12H15N3O3/c1-3-4-5-6-11(16)14-10-7-13-15(8-10)9-12(17)18-2/h3-8H,9H2,1-2H3,(H,14,16)/b4-3+,6-5+. The zero-order valence-electron chi connectivity index (χ0n) is 10.3. The van der Waals surface area contributed by atoms with E-state index in [0.717, 1.165) is 0 Å². The van der Waals surface area contributed by atoms with Gasteiger partial charge in [0.25, 0.3) is 0 Å². The number of rotatable bonds is 5. The average molecular weight is 249 g/mol. The number of hydrogen-bond donors (Lipinski definition) is 1. The molecular weight excluding hydrogens is 234 g/mol. The van der Waals surface area contributed by atoms with Crippen LogP contribution >= 0.6 is 0 Å². The minimum absolute atomic E-state index is 0.0147. The van der Waals surface area contributed by atoms with Crippen LogP contribution in [0.25, 0.3) is 0 Å². The predicted octanol–water partition coefficient (Wildman–Crippen LogP) is 1.13. The fraction of sp³-hybridized carbons (Fsp3) is 0.250. The Morgan fingerprint density at radius 2 is 2.28 bits per heavy atom. The second-order valence-corrected chi connectivity index (χ2v) is 3.38. The van der Waals surface area contributed by atoms with Crippen LogP contribution in [-0.4, -0.2) is 28.8 Å². The number of aromatic nitrogens is 2. The van der Waals surface area contributed by atoms with Gasteiger partial charge in [-0.05, 0) is 6.92 Å². The van der Waals surface area contributed by atoms with Crippen LogP contribution in [0.1, 0.15) is 6.92 Å². The molecule has 0 aliphatic rings. The third-order valence-electron chi connectivity index (χ3n) is 1.97. The number of carbonyl (C=O) groups excluding carboxylic acids is 2. The first-order valence-electron chi connectivity index (χ1n) is 5.35. The summed E-state index contributed by atoms with van der Waals surface area (Å²) in [7, 11) is 1.31. The Hall–Kier alpha value is -2.37. The number of hydrogen-bond acceptors (Lipinski definition) is 4. The molecule has 1 N–H and O–H groups in total. The Labute approximate surface area is 105 Å². The maximum Gasteiger partial charge on any atom is 0.327 e. The summed E-state index contributed by atoms with van der Waals surface area (Å²) in [6.45, 7) is 1.87. The lowest BCUT2D eigenvalue weighted by Gasteiger charge is -1.98. The van der Waals surface area contributed by atoms with Gasteiger partial charge in [-0.3, -0.25) is 14.3 Å². The Morgan fingerprint density at radius 3 is 2.94 bits per heavy atom. The van der Waals surface area contributed by atoms with Gasteiger partial charge in [-0.2, -0.15) is 5.10 Å². The second-order valence-electron chi connectivity index (χ2n) is 3.38. The Bertz CT molecular complexity index is 475. The van der Waals surface area contributed by atoms with Crippen molar-refractivity contribution in [1.82, 2.24) is 9.78 Å². The van der Waals surface area contributed by atoms with Crippen LogP contribution < -0.4 is 5.32 Å². The molecule has 0 saturated carbocycles. The zero-order chi connectivity index (χ0) is 13.4. The Kier molecular flexibility index (Phi) is 5.37. The quantitative estimate of drug-likeness (QED) is 0.482. The first kappa shape index (κ1) is 13.7. The molecule has 0 atom stereocenters. The highest BCUT2D eigenvalue weighted by Gasteiger charge is 2.05. The molecule has 18 heavy (non-hydrogen) atoms. The fourth-order valence-electron chi connectivity index (χ4n) is 1.15. The molecule has 0 unspecified atom stereocenters. The number of amides is 1. The van der Waals surface area contributed by atoms with E-state index in [1.165, 1.54) is 24.1 Å². The van der Waals surface area contributed by atoms with Crippen LogP contribution in [-0.2, 0) is 20.9 Å². The molecule has 0 bridgehead atoms. The minimum Gasteiger partial charge on any atom is -0.468 e. The van der Waals surface area contributed by atoms with Crippen molar-refractivity contribution >= 4 is 17.6 Å². The highest BCUT2D eigenvalue weighted by molar-refractivity contribution is 5.99. The molecule has 6 nitrogen and oxygen atoms in total. The van der Waals surface area contributed by atoms with Gasteiger partial charge >= 0.3 is 5.97 Å². The van der Waals surface area contributed by atoms with Gasteiger partial charge in [0, 0.05) is 12.3 Å². The molecule has 0 aliphatic heterocycles. The molecule has 0 aromatic carbocycles. The van der Waals surface area contributed by atoms with E-state index in [4.69, 9.17) is 0 Å². The van der Waals surface area contributed by atoms with Crippen molar-refractivity contribution in [3.8, 4) is 0 Å². The normalized spacial score (nSPS) is 11.0. The summed E-state index contributed by atoms with van der Waals surface area (Å²) in [6.07, 6.45) is 9.62. The van der Waals surface area contributed by atoms with Crippen LogP contribution in [0, 0.1) is 0 Å². The number of carbonyl (C=O) groups is 2. The molecule has 1 aromatic heterocycles. The van der Waals surface area contributed by atoms with E-state index in [2.05, 4.69) is 15.2 Å². The van der Waals surface area contributed by atoms with E-state index in [1.807, 2.05) is 13.0 Å². The van der Waals surface area contributed by atoms with Crippen LogP contribution in [0.4, 0.5) is 5.69 Å². The molecule has 1 amide bonds. The Morgan fingerprint density at radius 1 is 1.50 bits per heavy atom. The number of ether oxygens (including phenoxy) is 1. The van der Waals surface area contributed by atoms with Crippen LogP contribution in [0.3, 0.4) is 0 Å². The topological polar surface area (TPSA) is 73.2 Å². The Balaban J connectivity index is 2.53. The van der Waals surface area contributed by atoms with Gasteiger partial charge in [0.15, 0.2) is 0 Å². The van der Waals surface area contributed by atoms with Gasteiger partial charge < -0.3 is 10.1 Å². The van der Waals surface area contributed by atoms with Gasteiger partial charge in [0.05, 0.1) is 19.0 Å². The van der Waals surface area contributed by atoms with Gasteiger partial charge in [0.2, 0.25) is 5.91 Å². The molecule has 1 rings (SSSR count). The van der Waals surface area contributed by atoms with E-state index in [1.54, 1.807) is 18.3 Å². The molecular formula is C12H15N3O3. The molecule has 0 saturated heterocycles. The molecule has 0 spiro atoms. The summed E-state index contributed by atoms with van der Waals surface area (Å²) in [5.41, 5.74) is 0.522. The lowest BCUT2D eigenvalue weighted by molar-refractivity contribution is -0.141. The highest BCUT2D eigenvalue weighted by Crippen LogP contribution is 2.04. The van der Waals surface area contributed by atoms with Crippen molar-refractivity contribution in [3.05, 3.63) is 36.7 Å². The monoisotopic (exact) mass is 249 g/mol. The minimum atomic E-state index is -0.399. The van der Waals surface area contributed by atoms with Crippen LogP contribution in [0.2, 0.25) is 0 Å². The van der Waals surface area contributed by atoms with Crippen molar-refractivity contribution in [1.29, 1.82) is 0 Å². The molecule has 1 heterocycles. The van der Waals surface area contributed by atoms with Crippen LogP contribution in [0.5, 0.6) is 0 Å². The molecule has 6 heteroatoms. The van der Waals surface area contributed by atoms with E-state index >= 15 is 0 Å². The SMILES string of the molecule is C/C=C/C=C/C(=O)Nc1cnn(CC(=O)OC)c1. The number of allylic oxidation sites excluding steroid dienone is 3. The molecule has 1 aromatic rings. The number of anilines is 1. The summed E-state index contributed by atoms with van der Waals surface area (Å²) < 4.78 is 5.89. The number of nitrogens with zero attached hydrogens (tertiary/aromatic N) is 2. The first-order valence-corrected chi connectivity index (χ1v) is 5.35. The molecule has 0 radical (unpaired) electrons. The number of esters is 1. The van der Waals surface area contributed by atoms with Crippen molar-refractivity contribution in [2.75, 3.05) is 12.4 Å². The van der Waals surface area contributed by atoms with E-state index in [0.29, 0.717) is 5.69 Å². The zero-order valence-corrected chi connectivity index (χ0v) is 10.3. The lowest BCUT2D eigenvalue weighted by Crippen LogP contribution is -2.11. The third kappa shape index (κ3) is 4.65. The van der Waals surface area contributed by atoms with Crippen molar-refractivity contribution in [2.45, 2.75) is 13.5 Å². The lowest BCUT2D eigenvalue weighted by atomic mass is 10.4. The van der Waals surface area contributed by atoms with Gasteiger partial charge in [0.1, 0.15) is 6.54 Å². The van der Waals surface area contributed by atoms with Crippen molar-refractivity contribution in [3.63, 3.8) is 0 Å². The van der Waals surface area contributed by atoms with Gasteiger partial charge in [-0.1, -0.05) is 18.2 Å². The third-order valence-corrected chi connectivity index (χ3v) is 1.97. The summed E-state index contributed by atoms with van der Waals surface area (Å²) >= 11 is 0. The smallest absolute Gasteiger partial charge is 0.327 e.